The molecule has 1 aromatic carbocycles. The average Bonchev–Trinajstić information content (AvgIpc) is 3.41. The molecule has 0 aliphatic heterocycles. The van der Waals surface area contributed by atoms with Gasteiger partial charge in [-0.1, -0.05) is 12.1 Å². The van der Waals surface area contributed by atoms with E-state index >= 15 is 0 Å². The summed E-state index contributed by atoms with van der Waals surface area (Å²) < 4.78 is 55.3. The Labute approximate surface area is 199 Å². The monoisotopic (exact) mass is 508 g/mol. The number of halogens is 2. The number of anilines is 1. The summed E-state index contributed by atoms with van der Waals surface area (Å²) >= 11 is 0. The number of benzene rings is 1. The van der Waals surface area contributed by atoms with Crippen LogP contribution in [-0.2, 0) is 21.0 Å². The predicted octanol–water partition coefficient (Wildman–Crippen LogP) is 1.00. The third-order valence-corrected chi connectivity index (χ3v) is 6.10. The van der Waals surface area contributed by atoms with Gasteiger partial charge in [-0.25, -0.2) is 23.9 Å². The normalized spacial score (nSPS) is 20.2. The highest BCUT2D eigenvalue weighted by Crippen LogP contribution is 2.30. The molecule has 4 rings (SSSR count). The van der Waals surface area contributed by atoms with Crippen molar-refractivity contribution >= 4 is 21.9 Å². The van der Waals surface area contributed by atoms with Gasteiger partial charge in [0.1, 0.15) is 17.8 Å². The van der Waals surface area contributed by atoms with Gasteiger partial charge in [-0.3, -0.25) is 13.7 Å². The van der Waals surface area contributed by atoms with Crippen molar-refractivity contribution in [2.75, 3.05) is 11.9 Å². The van der Waals surface area contributed by atoms with E-state index in [1.807, 2.05) is 0 Å². The van der Waals surface area contributed by atoms with Crippen molar-refractivity contribution in [1.29, 1.82) is 0 Å². The molecule has 1 aliphatic rings. The molecular formula is C21H22F2N6O5S. The number of nitrogens with zero attached hydrogens (tertiary/aromatic N) is 4. The first kappa shape index (κ1) is 24.8. The highest BCUT2D eigenvalue weighted by Gasteiger charge is 2.34. The summed E-state index contributed by atoms with van der Waals surface area (Å²) in [6.45, 7) is -0.341. The maximum atomic E-state index is 14.0. The van der Waals surface area contributed by atoms with Crippen LogP contribution in [0.2, 0.25) is 0 Å². The molecule has 0 saturated heterocycles. The molecule has 186 valence electrons. The molecule has 0 bridgehead atoms. The summed E-state index contributed by atoms with van der Waals surface area (Å²) in [5.74, 6) is -2.73. The summed E-state index contributed by atoms with van der Waals surface area (Å²) in [5, 5.41) is 22.3. The second-order valence-electron chi connectivity index (χ2n) is 8.14. The van der Waals surface area contributed by atoms with Gasteiger partial charge in [-0.2, -0.15) is 13.5 Å². The van der Waals surface area contributed by atoms with Gasteiger partial charge in [0.25, 0.3) is 0 Å². The third-order valence-electron chi connectivity index (χ3n) is 5.64. The molecule has 11 nitrogen and oxygen atoms in total. The van der Waals surface area contributed by atoms with Gasteiger partial charge in [-0.05, 0) is 25.0 Å². The molecule has 1 fully saturated rings. The summed E-state index contributed by atoms with van der Waals surface area (Å²) in [7, 11) is -4.13. The van der Waals surface area contributed by atoms with E-state index in [1.54, 1.807) is 0 Å². The number of carbonyl (C=O) groups is 1. The lowest BCUT2D eigenvalue weighted by molar-refractivity contribution is 0.101. The van der Waals surface area contributed by atoms with Crippen LogP contribution < -0.4 is 10.5 Å². The fraction of sp³-hybridized carbons (Fsp3) is 0.333. The van der Waals surface area contributed by atoms with E-state index < -0.39 is 39.7 Å². The zero-order chi connectivity index (χ0) is 25.2. The highest BCUT2D eigenvalue weighted by atomic mass is 32.2. The number of hydrogen-bond donors (Lipinski definition) is 3. The summed E-state index contributed by atoms with van der Waals surface area (Å²) in [6.07, 6.45) is 3.81. The molecule has 0 unspecified atom stereocenters. The van der Waals surface area contributed by atoms with E-state index in [1.165, 1.54) is 41.6 Å². The lowest BCUT2D eigenvalue weighted by Gasteiger charge is -2.15. The highest BCUT2D eigenvalue weighted by molar-refractivity contribution is 7.84. The zero-order valence-corrected chi connectivity index (χ0v) is 19.0. The van der Waals surface area contributed by atoms with E-state index in [2.05, 4.69) is 24.6 Å². The largest absolute Gasteiger partial charge is 0.393 e. The first-order valence-corrected chi connectivity index (χ1v) is 12.0. The van der Waals surface area contributed by atoms with Crippen molar-refractivity contribution in [3.8, 4) is 0 Å². The minimum Gasteiger partial charge on any atom is -0.393 e. The fourth-order valence-electron chi connectivity index (χ4n) is 3.94. The lowest BCUT2D eigenvalue weighted by atomic mass is 10.1. The molecule has 3 atom stereocenters. The molecule has 3 aromatic rings. The van der Waals surface area contributed by atoms with Gasteiger partial charge in [-0.15, -0.1) is 0 Å². The number of nitrogens with one attached hydrogen (secondary N) is 1. The smallest absolute Gasteiger partial charge is 0.333 e. The lowest BCUT2D eigenvalue weighted by Crippen LogP contribution is -2.24. The zero-order valence-electron chi connectivity index (χ0n) is 18.2. The van der Waals surface area contributed by atoms with Crippen LogP contribution in [0.15, 0.2) is 43.0 Å². The molecule has 0 spiro atoms. The number of aliphatic hydroxyl groups excluding tert-OH is 1. The third kappa shape index (κ3) is 6.03. The second-order valence-corrected chi connectivity index (χ2v) is 9.36. The standard InChI is InChI=1S/C21H22F2N6O5S/c22-16-3-1-2-12(19(16)23)9-29-5-4-17(28-29)20(31)15-8-25-11-26-21(15)27-14-6-13(18(30)7-14)10-34-35(24,32)33/h1-5,8,11,13-14,18,30H,6-7,9-10H2,(H2,24,32,33)(H,25,26,27)/t13-,14-,18+/m1/s1. The Morgan fingerprint density at radius 1 is 1.29 bits per heavy atom. The van der Waals surface area contributed by atoms with Crippen LogP contribution in [0.25, 0.3) is 0 Å². The van der Waals surface area contributed by atoms with Crippen LogP contribution in [0, 0.1) is 17.6 Å². The van der Waals surface area contributed by atoms with E-state index in [0.29, 0.717) is 6.42 Å². The van der Waals surface area contributed by atoms with Crippen molar-refractivity contribution in [2.45, 2.75) is 31.5 Å². The van der Waals surface area contributed by atoms with E-state index in [9.17, 15) is 27.1 Å². The number of hydrogen-bond acceptors (Lipinski definition) is 9. The first-order valence-electron chi connectivity index (χ1n) is 10.5. The van der Waals surface area contributed by atoms with Gasteiger partial charge < -0.3 is 10.4 Å². The number of carbonyl (C=O) groups excluding carboxylic acids is 1. The Morgan fingerprint density at radius 2 is 2.09 bits per heavy atom. The molecule has 35 heavy (non-hydrogen) atoms. The molecule has 2 aromatic heterocycles. The number of ketones is 1. The topological polar surface area (TPSA) is 162 Å². The Hall–Kier alpha value is -3.33. The van der Waals surface area contributed by atoms with Crippen LogP contribution in [0.3, 0.4) is 0 Å². The van der Waals surface area contributed by atoms with Crippen LogP contribution in [0.1, 0.15) is 34.5 Å². The van der Waals surface area contributed by atoms with E-state index in [-0.39, 0.29) is 48.3 Å². The van der Waals surface area contributed by atoms with Crippen molar-refractivity contribution in [3.05, 3.63) is 71.4 Å². The molecule has 4 N–H and O–H groups in total. The molecule has 1 saturated carbocycles. The number of nitrogens with two attached hydrogens (primary N) is 1. The second kappa shape index (κ2) is 10.1. The number of rotatable bonds is 9. The summed E-state index contributed by atoms with van der Waals surface area (Å²) in [5.41, 5.74) is 0.247. The van der Waals surface area contributed by atoms with Crippen LogP contribution in [0.5, 0.6) is 0 Å². The molecule has 14 heteroatoms. The average molecular weight is 509 g/mol. The summed E-state index contributed by atoms with van der Waals surface area (Å²) in [6, 6.07) is 4.93. The van der Waals surface area contributed by atoms with Gasteiger partial charge >= 0.3 is 10.3 Å². The molecule has 2 heterocycles. The van der Waals surface area contributed by atoms with Crippen molar-refractivity contribution in [1.82, 2.24) is 19.7 Å². The molecule has 0 radical (unpaired) electrons. The first-order chi connectivity index (χ1) is 16.6. The van der Waals surface area contributed by atoms with E-state index in [4.69, 9.17) is 5.14 Å². The molecule has 0 amide bonds. The molecular weight excluding hydrogens is 486 g/mol. The minimum atomic E-state index is -4.13. The van der Waals surface area contributed by atoms with Gasteiger partial charge in [0.05, 0.1) is 24.8 Å². The van der Waals surface area contributed by atoms with E-state index in [0.717, 1.165) is 6.07 Å². The Bertz CT molecular complexity index is 1340. The molecule has 1 aliphatic carbocycles. The van der Waals surface area contributed by atoms with Gasteiger partial charge in [0.15, 0.2) is 11.6 Å². The quantitative estimate of drug-likeness (QED) is 0.358. The maximum Gasteiger partial charge on any atom is 0.333 e. The SMILES string of the molecule is NS(=O)(=O)OC[C@H]1C[C@@H](Nc2ncncc2C(=O)c2ccn(Cc3cccc(F)c3F)n2)C[C@@H]1O. The van der Waals surface area contributed by atoms with Gasteiger partial charge in [0, 0.05) is 29.9 Å². The van der Waals surface area contributed by atoms with Crippen LogP contribution >= 0.6 is 0 Å². The van der Waals surface area contributed by atoms with Crippen molar-refractivity contribution < 1.29 is 31.3 Å². The Kier molecular flexibility index (Phi) is 7.16. The van der Waals surface area contributed by atoms with Crippen LogP contribution in [-0.4, -0.2) is 57.8 Å². The number of aromatic nitrogens is 4. The maximum absolute atomic E-state index is 14.0. The van der Waals surface area contributed by atoms with Crippen molar-refractivity contribution in [3.63, 3.8) is 0 Å². The Morgan fingerprint density at radius 3 is 2.86 bits per heavy atom. The number of aliphatic hydroxyl groups is 1. The predicted molar refractivity (Wildman–Crippen MR) is 118 cm³/mol. The summed E-state index contributed by atoms with van der Waals surface area (Å²) in [4.78, 5) is 21.1. The van der Waals surface area contributed by atoms with Gasteiger partial charge in [0.2, 0.25) is 5.78 Å². The minimum absolute atomic E-state index is 0.0468. The fourth-order valence-corrected chi connectivity index (χ4v) is 4.30. The van der Waals surface area contributed by atoms with Crippen LogP contribution in [0.4, 0.5) is 14.6 Å². The van der Waals surface area contributed by atoms with Crippen molar-refractivity contribution in [2.24, 2.45) is 11.1 Å². The Balaban J connectivity index is 1.46.